The summed E-state index contributed by atoms with van der Waals surface area (Å²) in [6.45, 7) is 3.93. The van der Waals surface area contributed by atoms with Crippen LogP contribution in [-0.4, -0.2) is 21.0 Å². The third-order valence-corrected chi connectivity index (χ3v) is 3.55. The topological polar surface area (TPSA) is 75.1 Å². The van der Waals surface area contributed by atoms with Crippen molar-refractivity contribution in [2.24, 2.45) is 0 Å². The van der Waals surface area contributed by atoms with Crippen molar-refractivity contribution in [3.8, 4) is 11.4 Å². The highest BCUT2D eigenvalue weighted by Gasteiger charge is 2.07. The Kier molecular flexibility index (Phi) is 4.24. The fourth-order valence-electron chi connectivity index (χ4n) is 2.34. The van der Waals surface area contributed by atoms with E-state index in [1.54, 1.807) is 24.3 Å². The molecule has 5 nitrogen and oxygen atoms in total. The van der Waals surface area contributed by atoms with Crippen molar-refractivity contribution in [1.82, 2.24) is 9.97 Å². The van der Waals surface area contributed by atoms with Gasteiger partial charge in [0.05, 0.1) is 5.56 Å². The number of carbonyl (C=O) groups is 1. The van der Waals surface area contributed by atoms with Crippen molar-refractivity contribution in [3.63, 3.8) is 0 Å². The lowest BCUT2D eigenvalue weighted by molar-refractivity contribution is 0.0697. The number of benzene rings is 2. The van der Waals surface area contributed by atoms with Gasteiger partial charge < -0.3 is 10.4 Å². The maximum Gasteiger partial charge on any atom is 0.335 e. The van der Waals surface area contributed by atoms with E-state index in [9.17, 15) is 4.79 Å². The molecule has 0 saturated heterocycles. The summed E-state index contributed by atoms with van der Waals surface area (Å²) in [4.78, 5) is 20.1. The molecule has 0 radical (unpaired) electrons. The summed E-state index contributed by atoms with van der Waals surface area (Å²) in [5.74, 6) is 0.297. The third kappa shape index (κ3) is 3.57. The largest absolute Gasteiger partial charge is 0.478 e. The molecule has 3 aromatic rings. The second-order valence-electron chi connectivity index (χ2n) is 5.60. The minimum absolute atomic E-state index is 0.226. The minimum Gasteiger partial charge on any atom is -0.478 e. The van der Waals surface area contributed by atoms with Gasteiger partial charge in [0.15, 0.2) is 5.82 Å². The zero-order valence-corrected chi connectivity index (χ0v) is 13.4. The number of hydrogen-bond acceptors (Lipinski definition) is 4. The van der Waals surface area contributed by atoms with E-state index in [1.807, 2.05) is 44.2 Å². The van der Waals surface area contributed by atoms with E-state index in [1.165, 1.54) is 5.56 Å². The molecule has 0 unspecified atom stereocenters. The van der Waals surface area contributed by atoms with Crippen LogP contribution in [0.2, 0.25) is 0 Å². The first-order valence-electron chi connectivity index (χ1n) is 7.54. The molecule has 0 saturated carbocycles. The normalized spacial score (nSPS) is 10.4. The number of nitrogens with zero attached hydrogens (tertiary/aromatic N) is 2. The van der Waals surface area contributed by atoms with Crippen molar-refractivity contribution in [3.05, 3.63) is 71.4 Å². The van der Waals surface area contributed by atoms with Crippen LogP contribution in [0.1, 0.15) is 21.6 Å². The SMILES string of the molecule is Cc1ccc(-c2nc(C)cc(Nc3cccc(C(=O)O)c3)n2)cc1. The van der Waals surface area contributed by atoms with E-state index in [4.69, 9.17) is 5.11 Å². The van der Waals surface area contributed by atoms with Crippen LogP contribution in [0.15, 0.2) is 54.6 Å². The highest BCUT2D eigenvalue weighted by atomic mass is 16.4. The Morgan fingerprint density at radius 3 is 2.46 bits per heavy atom. The van der Waals surface area contributed by atoms with Crippen molar-refractivity contribution in [2.75, 3.05) is 5.32 Å². The molecule has 0 amide bonds. The Bertz CT molecular complexity index is 889. The number of aromatic carboxylic acids is 1. The predicted molar refractivity (Wildman–Crippen MR) is 93.6 cm³/mol. The zero-order valence-electron chi connectivity index (χ0n) is 13.4. The molecule has 1 heterocycles. The van der Waals surface area contributed by atoms with E-state index in [0.717, 1.165) is 11.3 Å². The monoisotopic (exact) mass is 319 g/mol. The van der Waals surface area contributed by atoms with Crippen LogP contribution in [0, 0.1) is 13.8 Å². The maximum atomic E-state index is 11.1. The summed E-state index contributed by atoms with van der Waals surface area (Å²) >= 11 is 0. The van der Waals surface area contributed by atoms with Gasteiger partial charge in [-0.15, -0.1) is 0 Å². The average Bonchev–Trinajstić information content (AvgIpc) is 2.55. The van der Waals surface area contributed by atoms with Crippen LogP contribution in [0.5, 0.6) is 0 Å². The number of rotatable bonds is 4. The van der Waals surface area contributed by atoms with Gasteiger partial charge in [-0.3, -0.25) is 0 Å². The summed E-state index contributed by atoms with van der Waals surface area (Å²) < 4.78 is 0. The summed E-state index contributed by atoms with van der Waals surface area (Å²) in [6.07, 6.45) is 0. The molecule has 1 aromatic heterocycles. The second-order valence-corrected chi connectivity index (χ2v) is 5.60. The quantitative estimate of drug-likeness (QED) is 0.753. The van der Waals surface area contributed by atoms with Crippen LogP contribution in [0.3, 0.4) is 0 Å². The number of nitrogens with one attached hydrogen (secondary N) is 1. The van der Waals surface area contributed by atoms with E-state index < -0.39 is 5.97 Å². The van der Waals surface area contributed by atoms with Crippen LogP contribution >= 0.6 is 0 Å². The molecular weight excluding hydrogens is 302 g/mol. The van der Waals surface area contributed by atoms with E-state index in [-0.39, 0.29) is 5.56 Å². The van der Waals surface area contributed by atoms with Crippen molar-refractivity contribution < 1.29 is 9.90 Å². The summed E-state index contributed by atoms with van der Waals surface area (Å²) in [5.41, 5.74) is 3.84. The number of hydrogen-bond donors (Lipinski definition) is 2. The molecule has 2 N–H and O–H groups in total. The van der Waals surface area contributed by atoms with Gasteiger partial charge in [0.1, 0.15) is 5.82 Å². The van der Waals surface area contributed by atoms with Gasteiger partial charge >= 0.3 is 5.97 Å². The van der Waals surface area contributed by atoms with Crippen LogP contribution in [0.25, 0.3) is 11.4 Å². The summed E-state index contributed by atoms with van der Waals surface area (Å²) in [7, 11) is 0. The van der Waals surface area contributed by atoms with Gasteiger partial charge in [-0.25, -0.2) is 14.8 Å². The Morgan fingerprint density at radius 2 is 1.75 bits per heavy atom. The molecule has 0 atom stereocenters. The van der Waals surface area contributed by atoms with E-state index >= 15 is 0 Å². The Morgan fingerprint density at radius 1 is 1.00 bits per heavy atom. The standard InChI is InChI=1S/C19H17N3O2/c1-12-6-8-14(9-7-12)18-20-13(2)10-17(22-18)21-16-5-3-4-15(11-16)19(23)24/h3-11H,1-2H3,(H,23,24)(H,20,21,22). The Hall–Kier alpha value is -3.21. The molecule has 2 aromatic carbocycles. The average molecular weight is 319 g/mol. The first-order valence-corrected chi connectivity index (χ1v) is 7.54. The van der Waals surface area contributed by atoms with Gasteiger partial charge in [-0.1, -0.05) is 35.9 Å². The number of anilines is 2. The first-order chi connectivity index (χ1) is 11.5. The zero-order chi connectivity index (χ0) is 17.1. The molecule has 0 aliphatic carbocycles. The third-order valence-electron chi connectivity index (χ3n) is 3.55. The molecule has 24 heavy (non-hydrogen) atoms. The molecule has 0 spiro atoms. The van der Waals surface area contributed by atoms with Gasteiger partial charge in [-0.2, -0.15) is 0 Å². The van der Waals surface area contributed by atoms with E-state index in [0.29, 0.717) is 17.3 Å². The van der Waals surface area contributed by atoms with Crippen LogP contribution in [-0.2, 0) is 0 Å². The molecule has 5 heteroatoms. The molecular formula is C19H17N3O2. The number of aryl methyl sites for hydroxylation is 2. The van der Waals surface area contributed by atoms with Crippen molar-refractivity contribution in [1.29, 1.82) is 0 Å². The highest BCUT2D eigenvalue weighted by molar-refractivity contribution is 5.89. The highest BCUT2D eigenvalue weighted by Crippen LogP contribution is 2.21. The lowest BCUT2D eigenvalue weighted by Gasteiger charge is -2.09. The van der Waals surface area contributed by atoms with Gasteiger partial charge in [-0.05, 0) is 32.0 Å². The molecule has 0 bridgehead atoms. The number of carboxylic acids is 1. The van der Waals surface area contributed by atoms with Crippen molar-refractivity contribution >= 4 is 17.5 Å². The molecule has 0 fully saturated rings. The summed E-state index contributed by atoms with van der Waals surface area (Å²) in [6, 6.07) is 16.5. The lowest BCUT2D eigenvalue weighted by Crippen LogP contribution is -2.01. The summed E-state index contributed by atoms with van der Waals surface area (Å²) in [5, 5.41) is 12.2. The van der Waals surface area contributed by atoms with Gasteiger partial charge in [0.25, 0.3) is 0 Å². The fourth-order valence-corrected chi connectivity index (χ4v) is 2.34. The molecule has 3 rings (SSSR count). The smallest absolute Gasteiger partial charge is 0.335 e. The number of aromatic nitrogens is 2. The Labute approximate surface area is 140 Å². The van der Waals surface area contributed by atoms with E-state index in [2.05, 4.69) is 15.3 Å². The Balaban J connectivity index is 1.93. The van der Waals surface area contributed by atoms with Gasteiger partial charge in [0.2, 0.25) is 0 Å². The second kappa shape index (κ2) is 6.50. The van der Waals surface area contributed by atoms with Crippen molar-refractivity contribution in [2.45, 2.75) is 13.8 Å². The first kappa shape index (κ1) is 15.7. The lowest BCUT2D eigenvalue weighted by atomic mass is 10.1. The predicted octanol–water partition coefficient (Wildman–Crippen LogP) is 4.20. The van der Waals surface area contributed by atoms with Crippen LogP contribution in [0.4, 0.5) is 11.5 Å². The molecule has 0 aliphatic heterocycles. The maximum absolute atomic E-state index is 11.1. The minimum atomic E-state index is -0.960. The van der Waals surface area contributed by atoms with Gasteiger partial charge in [0, 0.05) is 23.0 Å². The fraction of sp³-hybridized carbons (Fsp3) is 0.105. The molecule has 0 aliphatic rings. The molecule has 120 valence electrons. The number of carboxylic acid groups (broad SMARTS) is 1. The van der Waals surface area contributed by atoms with Crippen LogP contribution < -0.4 is 5.32 Å².